The van der Waals surface area contributed by atoms with Crippen molar-refractivity contribution in [3.8, 4) is 11.3 Å². The maximum absolute atomic E-state index is 14.6. The van der Waals surface area contributed by atoms with Crippen molar-refractivity contribution < 1.29 is 49.8 Å². The second-order valence-corrected chi connectivity index (χ2v) is 9.05. The summed E-state index contributed by atoms with van der Waals surface area (Å²) >= 11 is 0. The summed E-state index contributed by atoms with van der Waals surface area (Å²) in [6, 6.07) is 1.42. The van der Waals surface area contributed by atoms with Crippen LogP contribution in [0.4, 0.5) is 40.8 Å². The highest BCUT2D eigenvalue weighted by atomic mass is 19.4. The summed E-state index contributed by atoms with van der Waals surface area (Å²) in [6.07, 6.45) is -6.24. The number of nitrogens with one attached hydrogen (secondary N) is 2. The van der Waals surface area contributed by atoms with E-state index in [1.807, 2.05) is 10.6 Å². The summed E-state index contributed by atoms with van der Waals surface area (Å²) in [5.74, 6) is -6.23. The molecule has 3 aromatic heterocycles. The fraction of sp³-hybridized carbons (Fsp3) is 0.231. The molecule has 0 aliphatic carbocycles. The summed E-state index contributed by atoms with van der Waals surface area (Å²) in [7, 11) is 0. The van der Waals surface area contributed by atoms with Gasteiger partial charge >= 0.3 is 18.3 Å². The van der Waals surface area contributed by atoms with E-state index in [1.54, 1.807) is 0 Å². The molecule has 4 aromatic rings. The molecule has 2 atom stereocenters. The lowest BCUT2D eigenvalue weighted by Crippen LogP contribution is -2.43. The Bertz CT molecular complexity index is 1630. The van der Waals surface area contributed by atoms with Crippen molar-refractivity contribution in [1.82, 2.24) is 19.7 Å². The van der Waals surface area contributed by atoms with Crippen LogP contribution in [-0.4, -0.2) is 49.6 Å². The average molecular weight is 601 g/mol. The van der Waals surface area contributed by atoms with Crippen LogP contribution < -0.4 is 10.6 Å². The number of imidazole rings is 1. The van der Waals surface area contributed by atoms with Crippen molar-refractivity contribution in [3.63, 3.8) is 0 Å². The van der Waals surface area contributed by atoms with Crippen LogP contribution in [0.25, 0.3) is 16.9 Å². The highest BCUT2D eigenvalue weighted by molar-refractivity contribution is 5.97. The molecular weight excluding hydrogens is 582 g/mol. The second kappa shape index (κ2) is 11.3. The molecule has 3 N–H and O–H groups in total. The van der Waals surface area contributed by atoms with Gasteiger partial charge in [0.2, 0.25) is 0 Å². The first-order valence-electron chi connectivity index (χ1n) is 11.9. The minimum atomic E-state index is -4.74. The summed E-state index contributed by atoms with van der Waals surface area (Å²) in [5.41, 5.74) is -3.19. The Morgan fingerprint density at radius 2 is 1.67 bits per heavy atom. The molecule has 3 heterocycles. The zero-order chi connectivity index (χ0) is 31.0. The van der Waals surface area contributed by atoms with E-state index in [4.69, 9.17) is 0 Å². The van der Waals surface area contributed by atoms with Gasteiger partial charge in [-0.15, -0.1) is 0 Å². The number of anilines is 1. The molecular formula is C26H19F8N5O3. The van der Waals surface area contributed by atoms with Crippen LogP contribution in [0.2, 0.25) is 0 Å². The number of aliphatic carboxylic acids is 1. The summed E-state index contributed by atoms with van der Waals surface area (Å²) in [4.78, 5) is 32.5. The van der Waals surface area contributed by atoms with Crippen LogP contribution in [-0.2, 0) is 17.4 Å². The van der Waals surface area contributed by atoms with Crippen LogP contribution in [0.1, 0.15) is 28.5 Å². The van der Waals surface area contributed by atoms with E-state index in [0.717, 1.165) is 18.3 Å². The number of carbonyl (C=O) groups excluding carboxylic acids is 1. The van der Waals surface area contributed by atoms with Gasteiger partial charge in [-0.05, 0) is 43.3 Å². The lowest BCUT2D eigenvalue weighted by atomic mass is 10.0. The van der Waals surface area contributed by atoms with Crippen LogP contribution in [0.15, 0.2) is 55.0 Å². The largest absolute Gasteiger partial charge is 0.480 e. The number of carboxylic acids is 1. The Balaban J connectivity index is 1.61. The van der Waals surface area contributed by atoms with Crippen LogP contribution in [0, 0.1) is 11.6 Å². The fourth-order valence-corrected chi connectivity index (χ4v) is 4.11. The number of carboxylic acid groups (broad SMARTS) is 1. The molecule has 0 spiro atoms. The van der Waals surface area contributed by atoms with Gasteiger partial charge in [0, 0.05) is 42.0 Å². The van der Waals surface area contributed by atoms with Gasteiger partial charge in [0.05, 0.1) is 11.3 Å². The normalized spacial score (nSPS) is 13.5. The fourth-order valence-electron chi connectivity index (χ4n) is 4.11. The Hall–Kier alpha value is -4.76. The zero-order valence-electron chi connectivity index (χ0n) is 21.2. The lowest BCUT2D eigenvalue weighted by molar-refractivity contribution is -0.139. The highest BCUT2D eigenvalue weighted by Gasteiger charge is 2.37. The van der Waals surface area contributed by atoms with Gasteiger partial charge in [0.25, 0.3) is 5.91 Å². The third-order valence-corrected chi connectivity index (χ3v) is 6.16. The van der Waals surface area contributed by atoms with Crippen LogP contribution in [0.5, 0.6) is 0 Å². The monoisotopic (exact) mass is 601 g/mol. The molecule has 8 nitrogen and oxygen atoms in total. The summed E-state index contributed by atoms with van der Waals surface area (Å²) < 4.78 is 109. The smallest absolute Gasteiger partial charge is 0.418 e. The van der Waals surface area contributed by atoms with E-state index < -0.39 is 76.9 Å². The first-order chi connectivity index (χ1) is 19.6. The van der Waals surface area contributed by atoms with Gasteiger partial charge in [-0.1, -0.05) is 0 Å². The number of aromatic nitrogens is 3. The van der Waals surface area contributed by atoms with Crippen molar-refractivity contribution in [2.45, 2.75) is 37.8 Å². The quantitative estimate of drug-likeness (QED) is 0.231. The third-order valence-electron chi connectivity index (χ3n) is 6.16. The molecule has 42 heavy (non-hydrogen) atoms. The zero-order valence-corrected chi connectivity index (χ0v) is 21.2. The van der Waals surface area contributed by atoms with E-state index in [-0.39, 0.29) is 16.9 Å². The Morgan fingerprint density at radius 1 is 1.00 bits per heavy atom. The van der Waals surface area contributed by atoms with Crippen molar-refractivity contribution in [3.05, 3.63) is 83.4 Å². The number of rotatable bonds is 8. The average Bonchev–Trinajstić information content (AvgIpc) is 3.37. The molecule has 2 unspecified atom stereocenters. The molecule has 1 aromatic carbocycles. The molecule has 0 fully saturated rings. The number of fused-ring (bicyclic) bond motifs is 1. The van der Waals surface area contributed by atoms with Crippen LogP contribution in [0.3, 0.4) is 0 Å². The first-order valence-corrected chi connectivity index (χ1v) is 11.9. The molecule has 0 aliphatic heterocycles. The van der Waals surface area contributed by atoms with Gasteiger partial charge in [-0.25, -0.2) is 18.6 Å². The number of pyridine rings is 2. The molecule has 0 saturated heterocycles. The van der Waals surface area contributed by atoms with Crippen molar-refractivity contribution in [2.75, 3.05) is 5.32 Å². The molecule has 0 bridgehead atoms. The van der Waals surface area contributed by atoms with E-state index in [1.165, 1.54) is 28.9 Å². The molecule has 1 amide bonds. The van der Waals surface area contributed by atoms with Crippen molar-refractivity contribution in [1.29, 1.82) is 0 Å². The van der Waals surface area contributed by atoms with E-state index in [0.29, 0.717) is 19.1 Å². The molecule has 4 rings (SSSR count). The van der Waals surface area contributed by atoms with Crippen molar-refractivity contribution in [2.24, 2.45) is 0 Å². The van der Waals surface area contributed by atoms with Gasteiger partial charge < -0.3 is 20.1 Å². The van der Waals surface area contributed by atoms with E-state index in [2.05, 4.69) is 9.97 Å². The predicted molar refractivity (Wildman–Crippen MR) is 132 cm³/mol. The van der Waals surface area contributed by atoms with Crippen molar-refractivity contribution >= 4 is 23.2 Å². The van der Waals surface area contributed by atoms with Crippen LogP contribution >= 0.6 is 0 Å². The number of hydrogen-bond acceptors (Lipinski definition) is 5. The number of carbonyl (C=O) groups is 2. The number of hydrogen-bond donors (Lipinski definition) is 3. The van der Waals surface area contributed by atoms with Gasteiger partial charge in [-0.3, -0.25) is 9.78 Å². The maximum atomic E-state index is 14.6. The first kappa shape index (κ1) is 30.2. The van der Waals surface area contributed by atoms with E-state index in [9.17, 15) is 49.8 Å². The van der Waals surface area contributed by atoms with E-state index >= 15 is 0 Å². The lowest BCUT2D eigenvalue weighted by Gasteiger charge is -2.20. The number of alkyl halides is 6. The van der Waals surface area contributed by atoms with Gasteiger partial charge in [0.15, 0.2) is 0 Å². The summed E-state index contributed by atoms with van der Waals surface area (Å²) in [5, 5.41) is 13.5. The molecule has 0 saturated carbocycles. The summed E-state index contributed by atoms with van der Waals surface area (Å²) in [6.45, 7) is 0.712. The Kier molecular flexibility index (Phi) is 8.09. The molecule has 222 valence electrons. The number of benzene rings is 1. The topological polar surface area (TPSA) is 109 Å². The minimum Gasteiger partial charge on any atom is -0.480 e. The number of nitrogens with zero attached hydrogens (tertiary/aromatic N) is 3. The molecule has 16 heteroatoms. The molecule has 0 radical (unpaired) electrons. The standard InChI is InChI=1S/C26H19F8N5O3/c1-12(25(29,30)31)37-13-9-17(27)20(18(28)10-13)23(40)38-19(24(41)42)11-14-4-5-15(22-36-7-8-39(14)22)21-16(26(32,33)34)3-2-6-35-21/h2-10,12,19,37H,11H2,1H3,(H,38,40)(H,41,42). The minimum absolute atomic E-state index is 0.0135. The second-order valence-electron chi connectivity index (χ2n) is 9.05. The number of amides is 1. The van der Waals surface area contributed by atoms with Gasteiger partial charge in [-0.2, -0.15) is 26.3 Å². The Labute approximate surface area is 231 Å². The number of halogens is 8. The molecule has 0 aliphatic rings. The SMILES string of the molecule is CC(Nc1cc(F)c(C(=O)NC(Cc2ccc(-c3ncccc3C(F)(F)F)c3nccn23)C(=O)O)c(F)c1)C(F)(F)F. The maximum Gasteiger partial charge on any atom is 0.418 e. The third kappa shape index (κ3) is 6.26. The Morgan fingerprint density at radius 3 is 2.26 bits per heavy atom. The van der Waals surface area contributed by atoms with Gasteiger partial charge in [0.1, 0.15) is 34.9 Å². The predicted octanol–water partition coefficient (Wildman–Crippen LogP) is 5.48. The highest BCUT2D eigenvalue weighted by Crippen LogP contribution is 2.37.